The van der Waals surface area contributed by atoms with E-state index in [0.717, 1.165) is 39.0 Å². The fourth-order valence-electron chi connectivity index (χ4n) is 9.81. The first kappa shape index (κ1) is 65.5. The van der Waals surface area contributed by atoms with Crippen LogP contribution in [0.1, 0.15) is 81.3 Å². The van der Waals surface area contributed by atoms with Gasteiger partial charge in [-0.1, -0.05) is 73.5 Å². The summed E-state index contributed by atoms with van der Waals surface area (Å²) in [6.07, 6.45) is -12.2. The Hall–Kier alpha value is -7.67. The molecule has 6 rings (SSSR count). The Labute approximate surface area is 482 Å². The predicted octanol–water partition coefficient (Wildman–Crippen LogP) is 1.11. The Morgan fingerprint density at radius 2 is 1.24 bits per heavy atom. The number of carbonyl (C=O) groups is 6. The average Bonchev–Trinajstić information content (AvgIpc) is 3.61. The molecule has 0 radical (unpaired) electrons. The zero-order valence-corrected chi connectivity index (χ0v) is 46.3. The number of phenols is 1. The van der Waals surface area contributed by atoms with Gasteiger partial charge >= 0.3 is 6.18 Å². The minimum Gasteiger partial charge on any atom is -0.508 e. The van der Waals surface area contributed by atoms with Crippen LogP contribution in [0, 0.1) is 18.3 Å². The number of β-amino-alcohol motifs (C(OH)–C–C–N with tert-alkyl or cyclic N) is 1. The summed E-state index contributed by atoms with van der Waals surface area (Å²) in [5, 5.41) is 95.5. The Morgan fingerprint density at radius 3 is 1.79 bits per heavy atom. The number of aromatic hydroxyl groups is 1. The van der Waals surface area contributed by atoms with Crippen LogP contribution in [-0.2, 0) is 24.0 Å². The molecular formula is C59H72F3N7O15. The van der Waals surface area contributed by atoms with Crippen LogP contribution in [0.25, 0.3) is 22.3 Å². The van der Waals surface area contributed by atoms with Crippen molar-refractivity contribution in [2.75, 3.05) is 19.7 Å². The molecule has 4 aromatic rings. The number of aliphatic hydroxyl groups excluding tert-OH is 7. The standard InChI is InChI=1S/C59H72F3N7O15/c1-5-40(64-52(77)39-14-12-36(13-15-39)34-8-10-35(11-9-34)37-18-22-43(23-19-37)84-25-7-6-24-59(60,61)62)27-46(74)55(80)67-54(79)44-26-31(2)29-68(44)58(83)48(33(4)71)65-56(81)49(51(76)50(75)38-16-20-41(72)21-17-38)66-53(78)45-28-42(73)30-69(45)57(82)47(63)32(3)70/h1,8-23,31-33,40,42,44-51,55,70-76,80H,6-7,24-30,63H2,2-4H3,(H,64,77)(H,65,81)(H,66,78)(H,67,79)/t31-,32-,33-,40-,42-,44+,45+,46-,47?,48?,49?,50+,51+,55-/m1/s1. The van der Waals surface area contributed by atoms with Crippen molar-refractivity contribution in [1.29, 1.82) is 0 Å². The van der Waals surface area contributed by atoms with Crippen molar-refractivity contribution in [2.45, 2.75) is 145 Å². The largest absolute Gasteiger partial charge is 0.508 e. The molecule has 2 saturated heterocycles. The highest BCUT2D eigenvalue weighted by Gasteiger charge is 2.47. The molecule has 25 heteroatoms. The third kappa shape index (κ3) is 17.5. The van der Waals surface area contributed by atoms with Gasteiger partial charge in [0.1, 0.15) is 60.0 Å². The number of rotatable bonds is 25. The van der Waals surface area contributed by atoms with Crippen LogP contribution in [-0.4, -0.2) is 185 Å². The van der Waals surface area contributed by atoms with Crippen LogP contribution in [0.2, 0.25) is 0 Å². The van der Waals surface area contributed by atoms with Gasteiger partial charge in [-0.15, -0.1) is 6.42 Å². The summed E-state index contributed by atoms with van der Waals surface area (Å²) in [6.45, 7) is 3.71. The Kier molecular flexibility index (Phi) is 22.8. The second-order valence-electron chi connectivity index (χ2n) is 21.3. The van der Waals surface area contributed by atoms with E-state index in [1.54, 1.807) is 43.3 Å². The number of carbonyl (C=O) groups excluding carboxylic acids is 6. The number of hydrogen-bond donors (Lipinski definition) is 13. The van der Waals surface area contributed by atoms with E-state index >= 15 is 0 Å². The summed E-state index contributed by atoms with van der Waals surface area (Å²) in [5.74, 6) is -3.70. The van der Waals surface area contributed by atoms with E-state index in [-0.39, 0.29) is 61.6 Å². The summed E-state index contributed by atoms with van der Waals surface area (Å²) >= 11 is 0. The molecule has 2 aliphatic heterocycles. The maximum absolute atomic E-state index is 14.4. The van der Waals surface area contributed by atoms with Gasteiger partial charge in [-0.05, 0) is 103 Å². The summed E-state index contributed by atoms with van der Waals surface area (Å²) in [4.78, 5) is 84.8. The van der Waals surface area contributed by atoms with Crippen molar-refractivity contribution in [2.24, 2.45) is 11.7 Å². The third-order valence-corrected chi connectivity index (χ3v) is 14.6. The molecule has 2 fully saturated rings. The number of nitrogens with one attached hydrogen (secondary N) is 4. The number of ether oxygens (including phenoxy) is 1. The topological polar surface area (TPSA) is 354 Å². The number of aliphatic hydroxyl groups is 7. The van der Waals surface area contributed by atoms with Crippen LogP contribution < -0.4 is 31.7 Å². The molecule has 14 atom stereocenters. The average molecular weight is 1180 g/mol. The van der Waals surface area contributed by atoms with Crippen LogP contribution >= 0.6 is 0 Å². The van der Waals surface area contributed by atoms with Gasteiger partial charge in [-0.3, -0.25) is 28.8 Å². The Balaban J connectivity index is 1.05. The number of alkyl halides is 3. The first-order valence-electron chi connectivity index (χ1n) is 27.3. The first-order valence-corrected chi connectivity index (χ1v) is 27.3. The highest BCUT2D eigenvalue weighted by molar-refractivity contribution is 5.97. The van der Waals surface area contributed by atoms with Crippen LogP contribution in [0.5, 0.6) is 11.5 Å². The number of benzene rings is 4. The van der Waals surface area contributed by atoms with Gasteiger partial charge in [0.2, 0.25) is 29.5 Å². The Morgan fingerprint density at radius 1 is 0.702 bits per heavy atom. The van der Waals surface area contributed by atoms with Crippen LogP contribution in [0.3, 0.4) is 0 Å². The SMILES string of the molecule is C#C[C@H](C[C@@H](O)[C@@H](O)NC(=O)[C@@H]1C[C@@H](C)CN1C(=O)C(NC(=O)C(NC(=O)[C@@H]1C[C@@H](O)CN1C(=O)C(N)[C@@H](C)O)[C@H](O)[C@@H](O)c1ccc(O)cc1)[C@@H](C)O)NC(=O)c1ccc(-c2ccc(-c3ccc(OCCCCC(F)(F)F)cc3)cc2)cc1. The van der Waals surface area contributed by atoms with E-state index < -0.39 is 140 Å². The summed E-state index contributed by atoms with van der Waals surface area (Å²) in [6, 6.07) is 16.5. The number of likely N-dealkylation sites (tertiary alicyclic amines) is 2. The molecule has 6 amide bonds. The number of hydrogen-bond acceptors (Lipinski definition) is 16. The molecule has 0 aliphatic carbocycles. The molecule has 4 aromatic carbocycles. The molecule has 3 unspecified atom stereocenters. The van der Waals surface area contributed by atoms with Gasteiger partial charge in [0.15, 0.2) is 6.23 Å². The molecule has 14 N–H and O–H groups in total. The highest BCUT2D eigenvalue weighted by Crippen LogP contribution is 2.30. The highest BCUT2D eigenvalue weighted by atomic mass is 19.4. The number of unbranched alkanes of at least 4 members (excludes halogenated alkanes) is 1. The zero-order valence-electron chi connectivity index (χ0n) is 46.3. The second-order valence-corrected chi connectivity index (χ2v) is 21.3. The van der Waals surface area contributed by atoms with Gasteiger partial charge in [0, 0.05) is 37.9 Å². The lowest BCUT2D eigenvalue weighted by Crippen LogP contribution is -2.63. The summed E-state index contributed by atoms with van der Waals surface area (Å²) in [5.41, 5.74) is 9.40. The fraction of sp³-hybridized carbons (Fsp3) is 0.458. The maximum atomic E-state index is 14.4. The van der Waals surface area contributed by atoms with Crippen molar-refractivity contribution >= 4 is 35.4 Å². The van der Waals surface area contributed by atoms with Gasteiger partial charge in [0.25, 0.3) is 5.91 Å². The zero-order chi connectivity index (χ0) is 61.7. The molecule has 2 heterocycles. The van der Waals surface area contributed by atoms with E-state index in [4.69, 9.17) is 16.9 Å². The second kappa shape index (κ2) is 29.2. The first-order chi connectivity index (χ1) is 39.6. The fourth-order valence-corrected chi connectivity index (χ4v) is 9.81. The van der Waals surface area contributed by atoms with E-state index in [9.17, 15) is 82.8 Å². The van der Waals surface area contributed by atoms with Gasteiger partial charge in [-0.2, -0.15) is 13.2 Å². The number of phenolic OH excluding ortho intramolecular Hbond substituents is 1. The third-order valence-electron chi connectivity index (χ3n) is 14.6. The maximum Gasteiger partial charge on any atom is 0.389 e. The van der Waals surface area contributed by atoms with Crippen LogP contribution in [0.4, 0.5) is 13.2 Å². The molecule has 0 saturated carbocycles. The molecule has 22 nitrogen and oxygen atoms in total. The van der Waals surface area contributed by atoms with Gasteiger partial charge < -0.3 is 82.4 Å². The molecule has 0 spiro atoms. The molecule has 84 heavy (non-hydrogen) atoms. The lowest BCUT2D eigenvalue weighted by Gasteiger charge is -2.34. The smallest absolute Gasteiger partial charge is 0.389 e. The van der Waals surface area contributed by atoms with Crippen molar-refractivity contribution in [3.05, 3.63) is 108 Å². The number of nitrogens with two attached hydrogens (primary N) is 1. The molecule has 0 bridgehead atoms. The number of nitrogens with zero attached hydrogens (tertiary/aromatic N) is 2. The van der Waals surface area contributed by atoms with Crippen molar-refractivity contribution in [3.63, 3.8) is 0 Å². The summed E-state index contributed by atoms with van der Waals surface area (Å²) < 4.78 is 42.8. The van der Waals surface area contributed by atoms with E-state index in [1.807, 2.05) is 36.4 Å². The number of terminal acetylenes is 1. The van der Waals surface area contributed by atoms with Crippen molar-refractivity contribution < 1.29 is 87.5 Å². The molecule has 0 aromatic heterocycles. The lowest BCUT2D eigenvalue weighted by atomic mass is 9.96. The van der Waals surface area contributed by atoms with Crippen LogP contribution in [0.15, 0.2) is 97.1 Å². The minimum absolute atomic E-state index is 0.000910. The number of amides is 6. The predicted molar refractivity (Wildman–Crippen MR) is 297 cm³/mol. The van der Waals surface area contributed by atoms with Gasteiger partial charge in [0.05, 0.1) is 31.0 Å². The molecule has 2 aliphatic rings. The van der Waals surface area contributed by atoms with Crippen molar-refractivity contribution in [3.8, 4) is 46.1 Å². The quantitative estimate of drug-likeness (QED) is 0.0251. The number of halogens is 3. The Bertz CT molecular complexity index is 2930. The van der Waals surface area contributed by atoms with Gasteiger partial charge in [-0.25, -0.2) is 0 Å². The monoisotopic (exact) mass is 1180 g/mol. The van der Waals surface area contributed by atoms with E-state index in [2.05, 4.69) is 27.2 Å². The lowest BCUT2D eigenvalue weighted by molar-refractivity contribution is -0.147. The minimum atomic E-state index is -4.19. The van der Waals surface area contributed by atoms with E-state index in [0.29, 0.717) is 5.75 Å². The molecule has 454 valence electrons. The summed E-state index contributed by atoms with van der Waals surface area (Å²) in [7, 11) is 0. The molecular weight excluding hydrogens is 1100 g/mol. The van der Waals surface area contributed by atoms with E-state index in [1.165, 1.54) is 31.2 Å². The normalized spacial score (nSPS) is 20.6. The van der Waals surface area contributed by atoms with Crippen molar-refractivity contribution in [1.82, 2.24) is 31.1 Å².